The number of hydrogen-bond acceptors (Lipinski definition) is 3. The van der Waals surface area contributed by atoms with E-state index < -0.39 is 0 Å². The second-order valence-electron chi connectivity index (χ2n) is 5.75. The van der Waals surface area contributed by atoms with E-state index in [0.29, 0.717) is 17.1 Å². The van der Waals surface area contributed by atoms with Gasteiger partial charge in [0.25, 0.3) is 5.91 Å². The van der Waals surface area contributed by atoms with Crippen LogP contribution < -0.4 is 5.32 Å². The number of anilines is 1. The first-order valence-electron chi connectivity index (χ1n) is 7.94. The maximum atomic E-state index is 12.9. The van der Waals surface area contributed by atoms with Crippen molar-refractivity contribution in [3.05, 3.63) is 72.2 Å². The molecule has 3 aromatic rings. The first-order chi connectivity index (χ1) is 12.5. The third-order valence-electron chi connectivity index (χ3n) is 3.73. The minimum absolute atomic E-state index is 0.143. The van der Waals surface area contributed by atoms with E-state index in [0.717, 1.165) is 5.56 Å². The number of nitrogens with zero attached hydrogens (tertiary/aromatic N) is 2. The lowest BCUT2D eigenvalue weighted by atomic mass is 10.1. The number of H-pyrrole nitrogens is 1. The van der Waals surface area contributed by atoms with E-state index in [-0.39, 0.29) is 24.2 Å². The molecule has 7 heteroatoms. The number of carbonyl (C=O) groups excluding carboxylic acids is 2. The highest BCUT2D eigenvalue weighted by atomic mass is 19.1. The molecule has 0 fully saturated rings. The van der Waals surface area contributed by atoms with E-state index in [2.05, 4.69) is 15.5 Å². The van der Waals surface area contributed by atoms with Gasteiger partial charge >= 0.3 is 0 Å². The van der Waals surface area contributed by atoms with Crippen LogP contribution in [-0.4, -0.2) is 40.5 Å². The summed E-state index contributed by atoms with van der Waals surface area (Å²) in [5.74, 6) is -1.12. The molecule has 3 rings (SSSR count). The number of likely N-dealkylation sites (N-methyl/N-ethyl adjacent to an activating group) is 1. The molecule has 132 valence electrons. The number of carbonyl (C=O) groups is 2. The Bertz CT molecular complexity index is 907. The molecule has 1 heterocycles. The highest BCUT2D eigenvalue weighted by Crippen LogP contribution is 2.17. The van der Waals surface area contributed by atoms with E-state index in [9.17, 15) is 14.0 Å². The lowest BCUT2D eigenvalue weighted by Crippen LogP contribution is -2.35. The van der Waals surface area contributed by atoms with Crippen LogP contribution in [0.1, 0.15) is 10.5 Å². The largest absolute Gasteiger partial charge is 0.331 e. The maximum Gasteiger partial charge on any atom is 0.272 e. The summed E-state index contributed by atoms with van der Waals surface area (Å²) in [7, 11) is 1.52. The van der Waals surface area contributed by atoms with Crippen LogP contribution in [0, 0.1) is 5.82 Å². The second-order valence-corrected chi connectivity index (χ2v) is 5.75. The fraction of sp³-hybridized carbons (Fsp3) is 0.105. The summed E-state index contributed by atoms with van der Waals surface area (Å²) in [5.41, 5.74) is 2.30. The quantitative estimate of drug-likeness (QED) is 0.741. The molecule has 0 aliphatic carbocycles. The van der Waals surface area contributed by atoms with Gasteiger partial charge in [-0.2, -0.15) is 5.10 Å². The van der Waals surface area contributed by atoms with Crippen LogP contribution in [0.3, 0.4) is 0 Å². The van der Waals surface area contributed by atoms with Crippen LogP contribution >= 0.6 is 0 Å². The van der Waals surface area contributed by atoms with E-state index in [1.54, 1.807) is 6.07 Å². The predicted octanol–water partition coefficient (Wildman–Crippen LogP) is 2.93. The van der Waals surface area contributed by atoms with Gasteiger partial charge in [0.2, 0.25) is 5.91 Å². The van der Waals surface area contributed by atoms with Crippen LogP contribution in [0.15, 0.2) is 60.7 Å². The molecule has 0 saturated carbocycles. The van der Waals surface area contributed by atoms with Gasteiger partial charge in [-0.25, -0.2) is 4.39 Å². The molecular weight excluding hydrogens is 335 g/mol. The summed E-state index contributed by atoms with van der Waals surface area (Å²) in [6, 6.07) is 16.5. The Morgan fingerprint density at radius 2 is 1.81 bits per heavy atom. The van der Waals surface area contributed by atoms with Crippen molar-refractivity contribution in [1.29, 1.82) is 0 Å². The van der Waals surface area contributed by atoms with Crippen molar-refractivity contribution in [2.45, 2.75) is 0 Å². The third-order valence-corrected chi connectivity index (χ3v) is 3.73. The molecule has 2 aromatic carbocycles. The molecule has 6 nitrogen and oxygen atoms in total. The average molecular weight is 352 g/mol. The SMILES string of the molecule is CN(CC(=O)Nc1ccc(F)cc1)C(=O)c1cc(-c2ccccc2)n[nH]1. The number of aromatic amines is 1. The minimum atomic E-state index is -0.385. The second kappa shape index (κ2) is 7.60. The number of amides is 2. The lowest BCUT2D eigenvalue weighted by molar-refractivity contribution is -0.116. The number of hydrogen-bond donors (Lipinski definition) is 2. The number of halogens is 1. The Hall–Kier alpha value is -3.48. The van der Waals surface area contributed by atoms with Crippen LogP contribution in [0.2, 0.25) is 0 Å². The fourth-order valence-electron chi connectivity index (χ4n) is 2.41. The van der Waals surface area contributed by atoms with Gasteiger partial charge in [0.05, 0.1) is 12.2 Å². The van der Waals surface area contributed by atoms with Gasteiger partial charge in [0, 0.05) is 18.3 Å². The molecule has 0 spiro atoms. The van der Waals surface area contributed by atoms with Gasteiger partial charge in [-0.05, 0) is 30.3 Å². The van der Waals surface area contributed by atoms with Gasteiger partial charge in [-0.1, -0.05) is 30.3 Å². The summed E-state index contributed by atoms with van der Waals surface area (Å²) in [6.45, 7) is -0.143. The van der Waals surface area contributed by atoms with Crippen molar-refractivity contribution in [3.63, 3.8) is 0 Å². The van der Waals surface area contributed by atoms with Crippen molar-refractivity contribution >= 4 is 17.5 Å². The van der Waals surface area contributed by atoms with Gasteiger partial charge in [0.1, 0.15) is 11.5 Å². The van der Waals surface area contributed by atoms with Crippen molar-refractivity contribution in [1.82, 2.24) is 15.1 Å². The molecule has 0 aliphatic rings. The Kier molecular flexibility index (Phi) is 5.07. The molecule has 26 heavy (non-hydrogen) atoms. The van der Waals surface area contributed by atoms with Gasteiger partial charge in [0.15, 0.2) is 0 Å². The van der Waals surface area contributed by atoms with Crippen molar-refractivity contribution in [2.24, 2.45) is 0 Å². The zero-order valence-electron chi connectivity index (χ0n) is 14.1. The summed E-state index contributed by atoms with van der Waals surface area (Å²) in [5, 5.41) is 9.45. The molecule has 0 bridgehead atoms. The van der Waals surface area contributed by atoms with Crippen molar-refractivity contribution < 1.29 is 14.0 Å². The van der Waals surface area contributed by atoms with Gasteiger partial charge < -0.3 is 10.2 Å². The molecule has 2 amide bonds. The van der Waals surface area contributed by atoms with Crippen LogP contribution in [0.25, 0.3) is 11.3 Å². The molecule has 0 atom stereocenters. The van der Waals surface area contributed by atoms with Gasteiger partial charge in [-0.15, -0.1) is 0 Å². The Balaban J connectivity index is 1.61. The maximum absolute atomic E-state index is 12.9. The van der Waals surface area contributed by atoms with E-state index in [1.807, 2.05) is 30.3 Å². The van der Waals surface area contributed by atoms with Gasteiger partial charge in [-0.3, -0.25) is 14.7 Å². The van der Waals surface area contributed by atoms with E-state index in [4.69, 9.17) is 0 Å². The first kappa shape index (κ1) is 17.3. The molecule has 2 N–H and O–H groups in total. The van der Waals surface area contributed by atoms with Crippen LogP contribution in [0.5, 0.6) is 0 Å². The highest BCUT2D eigenvalue weighted by molar-refractivity contribution is 5.98. The Morgan fingerprint density at radius 1 is 1.12 bits per heavy atom. The van der Waals surface area contributed by atoms with E-state index in [1.165, 1.54) is 36.2 Å². The zero-order valence-corrected chi connectivity index (χ0v) is 14.1. The normalized spacial score (nSPS) is 10.4. The highest BCUT2D eigenvalue weighted by Gasteiger charge is 2.18. The monoisotopic (exact) mass is 352 g/mol. The topological polar surface area (TPSA) is 78.1 Å². The number of benzene rings is 2. The molecule has 0 aliphatic heterocycles. The first-order valence-corrected chi connectivity index (χ1v) is 7.94. The summed E-state index contributed by atoms with van der Waals surface area (Å²) in [6.07, 6.45) is 0. The number of rotatable bonds is 5. The number of aromatic nitrogens is 2. The van der Waals surface area contributed by atoms with Crippen molar-refractivity contribution in [2.75, 3.05) is 18.9 Å². The third kappa shape index (κ3) is 4.13. The minimum Gasteiger partial charge on any atom is -0.331 e. The standard InChI is InChI=1S/C19H17FN4O2/c1-24(12-18(25)21-15-9-7-14(20)8-10-15)19(26)17-11-16(22-23-17)13-5-3-2-4-6-13/h2-11H,12H2,1H3,(H,21,25)(H,22,23). The molecule has 0 radical (unpaired) electrons. The zero-order chi connectivity index (χ0) is 18.5. The smallest absolute Gasteiger partial charge is 0.272 e. The summed E-state index contributed by atoms with van der Waals surface area (Å²) < 4.78 is 12.9. The molecule has 1 aromatic heterocycles. The average Bonchev–Trinajstić information content (AvgIpc) is 3.14. The Labute approximate surface area is 149 Å². The predicted molar refractivity (Wildman–Crippen MR) is 96.0 cm³/mol. The van der Waals surface area contributed by atoms with Crippen LogP contribution in [-0.2, 0) is 4.79 Å². The van der Waals surface area contributed by atoms with Crippen molar-refractivity contribution in [3.8, 4) is 11.3 Å². The summed E-state index contributed by atoms with van der Waals surface area (Å²) >= 11 is 0. The lowest BCUT2D eigenvalue weighted by Gasteiger charge is -2.15. The Morgan fingerprint density at radius 3 is 2.50 bits per heavy atom. The fourth-order valence-corrected chi connectivity index (χ4v) is 2.41. The molecule has 0 saturated heterocycles. The summed E-state index contributed by atoms with van der Waals surface area (Å²) in [4.78, 5) is 25.8. The van der Waals surface area contributed by atoms with Crippen LogP contribution in [0.4, 0.5) is 10.1 Å². The molecule has 0 unspecified atom stereocenters. The number of nitrogens with one attached hydrogen (secondary N) is 2. The van der Waals surface area contributed by atoms with E-state index >= 15 is 0 Å². The molecular formula is C19H17FN4O2.